The highest BCUT2D eigenvalue weighted by Gasteiger charge is 2.17. The van der Waals surface area contributed by atoms with E-state index in [9.17, 15) is 4.79 Å². The Morgan fingerprint density at radius 1 is 0.893 bits per heavy atom. The zero-order chi connectivity index (χ0) is 20.5. The van der Waals surface area contributed by atoms with Gasteiger partial charge in [0.15, 0.2) is 11.5 Å². The van der Waals surface area contributed by atoms with E-state index < -0.39 is 0 Å². The number of carbonyl (C=O) groups excluding carboxylic acids is 1. The van der Waals surface area contributed by atoms with Crippen LogP contribution in [0.3, 0.4) is 0 Å². The maximum atomic E-state index is 12.7. The average Bonchev–Trinajstić information content (AvgIpc) is 2.72. The zero-order valence-electron chi connectivity index (χ0n) is 17.4. The monoisotopic (exact) mass is 386 g/mol. The van der Waals surface area contributed by atoms with Gasteiger partial charge in [-0.1, -0.05) is 13.8 Å². The Labute approximate surface area is 167 Å². The van der Waals surface area contributed by atoms with Crippen molar-refractivity contribution in [2.75, 3.05) is 44.6 Å². The number of hydrogen-bond donors (Lipinski definition) is 1. The van der Waals surface area contributed by atoms with E-state index in [4.69, 9.17) is 14.2 Å². The maximum absolute atomic E-state index is 12.7. The van der Waals surface area contributed by atoms with Crippen LogP contribution in [0.15, 0.2) is 36.4 Å². The second-order valence-corrected chi connectivity index (χ2v) is 6.40. The van der Waals surface area contributed by atoms with Gasteiger partial charge in [0, 0.05) is 30.0 Å². The van der Waals surface area contributed by atoms with Crippen LogP contribution in [0.5, 0.6) is 17.2 Å². The second kappa shape index (κ2) is 10.4. The number of nitrogens with zero attached hydrogens (tertiary/aromatic N) is 1. The lowest BCUT2D eigenvalue weighted by Gasteiger charge is -2.24. The quantitative estimate of drug-likeness (QED) is 0.647. The first-order chi connectivity index (χ1) is 13.6. The normalized spacial score (nSPS) is 10.3. The van der Waals surface area contributed by atoms with Gasteiger partial charge in [0.2, 0.25) is 5.75 Å². The third kappa shape index (κ3) is 5.09. The van der Waals surface area contributed by atoms with Crippen LogP contribution in [0.1, 0.15) is 37.0 Å². The van der Waals surface area contributed by atoms with E-state index in [1.807, 2.05) is 24.3 Å². The summed E-state index contributed by atoms with van der Waals surface area (Å²) in [5.41, 5.74) is 2.32. The molecule has 2 aromatic rings. The van der Waals surface area contributed by atoms with Gasteiger partial charge in [-0.15, -0.1) is 0 Å². The molecule has 0 unspecified atom stereocenters. The van der Waals surface area contributed by atoms with Crippen LogP contribution in [0.4, 0.5) is 11.4 Å². The molecule has 0 aromatic heterocycles. The van der Waals surface area contributed by atoms with E-state index in [0.29, 0.717) is 22.8 Å². The van der Waals surface area contributed by atoms with Crippen molar-refractivity contribution in [3.8, 4) is 17.2 Å². The summed E-state index contributed by atoms with van der Waals surface area (Å²) < 4.78 is 15.9. The number of amides is 1. The van der Waals surface area contributed by atoms with Gasteiger partial charge in [-0.05, 0) is 49.2 Å². The molecule has 0 radical (unpaired) electrons. The van der Waals surface area contributed by atoms with Gasteiger partial charge in [-0.3, -0.25) is 4.79 Å². The number of anilines is 2. The Bertz CT molecular complexity index is 744. The predicted molar refractivity (Wildman–Crippen MR) is 113 cm³/mol. The molecule has 0 bridgehead atoms. The van der Waals surface area contributed by atoms with Crippen molar-refractivity contribution in [2.45, 2.75) is 26.7 Å². The zero-order valence-corrected chi connectivity index (χ0v) is 17.4. The summed E-state index contributed by atoms with van der Waals surface area (Å²) in [5, 5.41) is 2.92. The van der Waals surface area contributed by atoms with E-state index in [-0.39, 0.29) is 5.91 Å². The molecule has 1 N–H and O–H groups in total. The summed E-state index contributed by atoms with van der Waals surface area (Å²) in [4.78, 5) is 15.1. The average molecular weight is 386 g/mol. The van der Waals surface area contributed by atoms with Crippen molar-refractivity contribution in [3.63, 3.8) is 0 Å². The first-order valence-electron chi connectivity index (χ1n) is 9.54. The van der Waals surface area contributed by atoms with Gasteiger partial charge in [-0.2, -0.15) is 0 Å². The Hall–Kier alpha value is -2.89. The van der Waals surface area contributed by atoms with Crippen molar-refractivity contribution in [3.05, 3.63) is 42.0 Å². The molecule has 1 amide bonds. The lowest BCUT2D eigenvalue weighted by atomic mass is 10.1. The molecule has 0 fully saturated rings. The molecule has 0 aliphatic carbocycles. The minimum atomic E-state index is -0.244. The minimum absolute atomic E-state index is 0.244. The van der Waals surface area contributed by atoms with E-state index in [0.717, 1.165) is 37.3 Å². The molecule has 6 nitrogen and oxygen atoms in total. The van der Waals surface area contributed by atoms with Crippen LogP contribution in [-0.2, 0) is 0 Å². The smallest absolute Gasteiger partial charge is 0.255 e. The molecule has 0 aliphatic rings. The van der Waals surface area contributed by atoms with Crippen LogP contribution in [-0.4, -0.2) is 40.3 Å². The Morgan fingerprint density at radius 3 is 1.86 bits per heavy atom. The highest BCUT2D eigenvalue weighted by Crippen LogP contribution is 2.38. The molecule has 0 aliphatic heterocycles. The first kappa shape index (κ1) is 21.4. The molecule has 0 spiro atoms. The first-order valence-corrected chi connectivity index (χ1v) is 9.54. The molecular weight excluding hydrogens is 356 g/mol. The van der Waals surface area contributed by atoms with Crippen LogP contribution in [0.2, 0.25) is 0 Å². The molecule has 0 atom stereocenters. The van der Waals surface area contributed by atoms with Gasteiger partial charge in [0.05, 0.1) is 21.3 Å². The molecule has 6 heteroatoms. The van der Waals surface area contributed by atoms with Crippen molar-refractivity contribution in [2.24, 2.45) is 0 Å². The lowest BCUT2D eigenvalue weighted by molar-refractivity contribution is 0.102. The Morgan fingerprint density at radius 2 is 1.43 bits per heavy atom. The van der Waals surface area contributed by atoms with Gasteiger partial charge in [0.1, 0.15) is 0 Å². The number of nitrogens with one attached hydrogen (secondary N) is 1. The predicted octanol–water partition coefficient (Wildman–Crippen LogP) is 4.59. The van der Waals surface area contributed by atoms with Gasteiger partial charge in [-0.25, -0.2) is 0 Å². The summed E-state index contributed by atoms with van der Waals surface area (Å²) in [5.74, 6) is 1.10. The molecular formula is C22H30N2O4. The van der Waals surface area contributed by atoms with Crippen molar-refractivity contribution in [1.82, 2.24) is 0 Å². The molecule has 152 valence electrons. The largest absolute Gasteiger partial charge is 0.493 e. The number of benzene rings is 2. The SMILES string of the molecule is CCCN(CCC)c1ccc(NC(=O)c2cc(OC)c(OC)c(OC)c2)cc1. The Kier molecular flexibility index (Phi) is 7.99. The summed E-state index contributed by atoms with van der Waals surface area (Å²) in [7, 11) is 4.58. The van der Waals surface area contributed by atoms with Crippen molar-refractivity contribution < 1.29 is 19.0 Å². The van der Waals surface area contributed by atoms with Crippen LogP contribution in [0.25, 0.3) is 0 Å². The number of hydrogen-bond acceptors (Lipinski definition) is 5. The van der Waals surface area contributed by atoms with E-state index in [2.05, 4.69) is 24.1 Å². The topological polar surface area (TPSA) is 60.0 Å². The van der Waals surface area contributed by atoms with Crippen LogP contribution < -0.4 is 24.4 Å². The third-order valence-electron chi connectivity index (χ3n) is 4.40. The molecule has 2 rings (SSSR count). The fourth-order valence-corrected chi connectivity index (χ4v) is 3.08. The Balaban J connectivity index is 2.18. The van der Waals surface area contributed by atoms with Gasteiger partial charge in [0.25, 0.3) is 5.91 Å². The van der Waals surface area contributed by atoms with Crippen molar-refractivity contribution in [1.29, 1.82) is 0 Å². The fraction of sp³-hybridized carbons (Fsp3) is 0.409. The van der Waals surface area contributed by atoms with Crippen molar-refractivity contribution >= 4 is 17.3 Å². The van der Waals surface area contributed by atoms with E-state index in [1.165, 1.54) is 21.3 Å². The van der Waals surface area contributed by atoms with Crippen LogP contribution >= 0.6 is 0 Å². The van der Waals surface area contributed by atoms with Gasteiger partial charge < -0.3 is 24.4 Å². The maximum Gasteiger partial charge on any atom is 0.255 e. The summed E-state index contributed by atoms with van der Waals surface area (Å²) in [6, 6.07) is 11.2. The molecule has 0 saturated carbocycles. The van der Waals surface area contributed by atoms with Gasteiger partial charge >= 0.3 is 0 Å². The highest BCUT2D eigenvalue weighted by atomic mass is 16.5. The second-order valence-electron chi connectivity index (χ2n) is 6.40. The molecule has 28 heavy (non-hydrogen) atoms. The van der Waals surface area contributed by atoms with E-state index in [1.54, 1.807) is 12.1 Å². The number of ether oxygens (including phenoxy) is 3. The standard InChI is InChI=1S/C22H30N2O4/c1-6-12-24(13-7-2)18-10-8-17(9-11-18)23-22(25)16-14-19(26-3)21(28-5)20(15-16)27-4/h8-11,14-15H,6-7,12-13H2,1-5H3,(H,23,25). The minimum Gasteiger partial charge on any atom is -0.493 e. The van der Waals surface area contributed by atoms with E-state index >= 15 is 0 Å². The molecule has 0 saturated heterocycles. The van der Waals surface area contributed by atoms with Crippen LogP contribution in [0, 0.1) is 0 Å². The fourth-order valence-electron chi connectivity index (χ4n) is 3.08. The third-order valence-corrected chi connectivity index (χ3v) is 4.40. The number of carbonyl (C=O) groups is 1. The molecule has 2 aromatic carbocycles. The summed E-state index contributed by atoms with van der Waals surface area (Å²) >= 11 is 0. The highest BCUT2D eigenvalue weighted by molar-refractivity contribution is 6.05. The molecule has 0 heterocycles. The summed E-state index contributed by atoms with van der Waals surface area (Å²) in [6.07, 6.45) is 2.19. The summed E-state index contributed by atoms with van der Waals surface area (Å²) in [6.45, 7) is 6.39. The lowest BCUT2D eigenvalue weighted by Crippen LogP contribution is -2.24. The number of rotatable bonds is 10. The number of methoxy groups -OCH3 is 3.